The van der Waals surface area contributed by atoms with Crippen LogP contribution < -0.4 is 5.32 Å². The fourth-order valence-corrected chi connectivity index (χ4v) is 1.44. The number of hydrogen-bond acceptors (Lipinski definition) is 3. The average molecular weight is 181 g/mol. The van der Waals surface area contributed by atoms with Crippen LogP contribution in [0.5, 0.6) is 0 Å². The lowest BCUT2D eigenvalue weighted by molar-refractivity contribution is 0.139. The van der Waals surface area contributed by atoms with Crippen molar-refractivity contribution >= 4 is 6.09 Å². The van der Waals surface area contributed by atoms with Gasteiger partial charge in [0.15, 0.2) is 0 Å². The van der Waals surface area contributed by atoms with Gasteiger partial charge in [-0.15, -0.1) is 0 Å². The van der Waals surface area contributed by atoms with Crippen molar-refractivity contribution in [3.05, 3.63) is 23.7 Å². The largest absolute Gasteiger partial charge is 0.464 e. The molecule has 1 amide bonds. The number of carbonyl (C=O) groups is 1. The van der Waals surface area contributed by atoms with E-state index in [1.165, 1.54) is 0 Å². The standard InChI is InChI=1S/C9H11NO3/c1-5-3-4-7(12-5)8-6(2)13-9(11)10-8/h3-4,6,8H,1-2H3,(H,10,11). The van der Waals surface area contributed by atoms with Crippen LogP contribution in [0.15, 0.2) is 16.5 Å². The van der Waals surface area contributed by atoms with Crippen LogP contribution >= 0.6 is 0 Å². The maximum absolute atomic E-state index is 10.9. The second-order valence-corrected chi connectivity index (χ2v) is 3.18. The average Bonchev–Trinajstić information content (AvgIpc) is 2.58. The Labute approximate surface area is 75.9 Å². The SMILES string of the molecule is Cc1ccc(C2NC(=O)OC2C)o1. The van der Waals surface area contributed by atoms with Gasteiger partial charge in [-0.05, 0) is 26.0 Å². The van der Waals surface area contributed by atoms with Gasteiger partial charge in [0.2, 0.25) is 0 Å². The lowest BCUT2D eigenvalue weighted by Gasteiger charge is -2.08. The molecule has 0 radical (unpaired) electrons. The molecule has 0 spiro atoms. The minimum absolute atomic E-state index is 0.152. The molecule has 1 aliphatic heterocycles. The van der Waals surface area contributed by atoms with Crippen LogP contribution in [0.25, 0.3) is 0 Å². The molecule has 2 heterocycles. The molecule has 70 valence electrons. The smallest absolute Gasteiger partial charge is 0.408 e. The molecular weight excluding hydrogens is 170 g/mol. The monoisotopic (exact) mass is 181 g/mol. The van der Waals surface area contributed by atoms with Crippen molar-refractivity contribution in [2.24, 2.45) is 0 Å². The zero-order valence-electron chi connectivity index (χ0n) is 7.53. The lowest BCUT2D eigenvalue weighted by atomic mass is 10.1. The van der Waals surface area contributed by atoms with Gasteiger partial charge in [-0.2, -0.15) is 0 Å². The van der Waals surface area contributed by atoms with Crippen molar-refractivity contribution in [1.29, 1.82) is 0 Å². The highest BCUT2D eigenvalue weighted by Gasteiger charge is 2.33. The highest BCUT2D eigenvalue weighted by atomic mass is 16.6. The van der Waals surface area contributed by atoms with Crippen LogP contribution in [0.2, 0.25) is 0 Å². The maximum atomic E-state index is 10.9. The van der Waals surface area contributed by atoms with Gasteiger partial charge in [0.25, 0.3) is 0 Å². The molecule has 2 atom stereocenters. The van der Waals surface area contributed by atoms with Crippen molar-refractivity contribution in [3.63, 3.8) is 0 Å². The Morgan fingerprint density at radius 2 is 2.23 bits per heavy atom. The molecule has 2 unspecified atom stereocenters. The summed E-state index contributed by atoms with van der Waals surface area (Å²) in [5.74, 6) is 1.58. The molecule has 2 rings (SSSR count). The number of aryl methyl sites for hydroxylation is 1. The molecule has 0 aliphatic carbocycles. The van der Waals surface area contributed by atoms with E-state index in [9.17, 15) is 4.79 Å². The molecule has 0 saturated carbocycles. The van der Waals surface area contributed by atoms with Crippen LogP contribution in [-0.4, -0.2) is 12.2 Å². The summed E-state index contributed by atoms with van der Waals surface area (Å²) in [5.41, 5.74) is 0. The zero-order valence-corrected chi connectivity index (χ0v) is 7.53. The Kier molecular flexibility index (Phi) is 1.76. The van der Waals surface area contributed by atoms with Crippen LogP contribution in [0.4, 0.5) is 4.79 Å². The minimum Gasteiger partial charge on any atom is -0.464 e. The predicted molar refractivity (Wildman–Crippen MR) is 45.3 cm³/mol. The first-order chi connectivity index (χ1) is 6.16. The second kappa shape index (κ2) is 2.80. The van der Waals surface area contributed by atoms with Gasteiger partial charge in [0.1, 0.15) is 23.7 Å². The number of carbonyl (C=O) groups excluding carboxylic acids is 1. The van der Waals surface area contributed by atoms with Crippen molar-refractivity contribution in [1.82, 2.24) is 5.32 Å². The van der Waals surface area contributed by atoms with Gasteiger partial charge in [-0.25, -0.2) is 4.79 Å². The quantitative estimate of drug-likeness (QED) is 0.718. The molecule has 1 aromatic rings. The Morgan fingerprint density at radius 3 is 2.69 bits per heavy atom. The molecule has 4 nitrogen and oxygen atoms in total. The Balaban J connectivity index is 2.22. The highest BCUT2D eigenvalue weighted by Crippen LogP contribution is 2.25. The summed E-state index contributed by atoms with van der Waals surface area (Å²) < 4.78 is 10.3. The molecule has 1 fully saturated rings. The fraction of sp³-hybridized carbons (Fsp3) is 0.444. The van der Waals surface area contributed by atoms with Crippen LogP contribution in [0.1, 0.15) is 24.5 Å². The summed E-state index contributed by atoms with van der Waals surface area (Å²) in [5, 5.41) is 2.68. The van der Waals surface area contributed by atoms with Crippen molar-refractivity contribution in [2.75, 3.05) is 0 Å². The molecular formula is C9H11NO3. The summed E-state index contributed by atoms with van der Waals surface area (Å²) in [4.78, 5) is 10.9. The van der Waals surface area contributed by atoms with E-state index >= 15 is 0 Å². The van der Waals surface area contributed by atoms with E-state index in [0.717, 1.165) is 11.5 Å². The van der Waals surface area contributed by atoms with Crippen LogP contribution in [0, 0.1) is 6.92 Å². The number of alkyl carbamates (subject to hydrolysis) is 1. The van der Waals surface area contributed by atoms with Gasteiger partial charge >= 0.3 is 6.09 Å². The first kappa shape index (κ1) is 8.16. The van der Waals surface area contributed by atoms with Gasteiger partial charge in [0, 0.05) is 0 Å². The van der Waals surface area contributed by atoms with Crippen LogP contribution in [-0.2, 0) is 4.74 Å². The van der Waals surface area contributed by atoms with Crippen molar-refractivity contribution < 1.29 is 13.9 Å². The van der Waals surface area contributed by atoms with E-state index in [4.69, 9.17) is 9.15 Å². The van der Waals surface area contributed by atoms with Crippen LogP contribution in [0.3, 0.4) is 0 Å². The number of nitrogens with one attached hydrogen (secondary N) is 1. The van der Waals surface area contributed by atoms with E-state index in [1.807, 2.05) is 26.0 Å². The summed E-state index contributed by atoms with van der Waals surface area (Å²) in [7, 11) is 0. The van der Waals surface area contributed by atoms with Crippen molar-refractivity contribution in [3.8, 4) is 0 Å². The maximum Gasteiger partial charge on any atom is 0.408 e. The third-order valence-electron chi connectivity index (χ3n) is 2.10. The summed E-state index contributed by atoms with van der Waals surface area (Å²) >= 11 is 0. The third-order valence-corrected chi connectivity index (χ3v) is 2.10. The Morgan fingerprint density at radius 1 is 1.46 bits per heavy atom. The molecule has 0 bridgehead atoms. The van der Waals surface area contributed by atoms with Crippen molar-refractivity contribution in [2.45, 2.75) is 26.0 Å². The number of furan rings is 1. The lowest BCUT2D eigenvalue weighted by Crippen LogP contribution is -2.20. The van der Waals surface area contributed by atoms with E-state index in [2.05, 4.69) is 5.32 Å². The Hall–Kier alpha value is -1.45. The molecule has 1 N–H and O–H groups in total. The Bertz CT molecular complexity index is 331. The topological polar surface area (TPSA) is 51.5 Å². The van der Waals surface area contributed by atoms with E-state index < -0.39 is 0 Å². The number of ether oxygens (including phenoxy) is 1. The van der Waals surface area contributed by atoms with E-state index in [1.54, 1.807) is 0 Å². The number of rotatable bonds is 1. The third kappa shape index (κ3) is 1.39. The number of cyclic esters (lactones) is 1. The van der Waals surface area contributed by atoms with Gasteiger partial charge in [-0.1, -0.05) is 0 Å². The first-order valence-corrected chi connectivity index (χ1v) is 4.20. The molecule has 0 aromatic carbocycles. The summed E-state index contributed by atoms with van der Waals surface area (Å²) in [6.45, 7) is 3.70. The molecule has 1 saturated heterocycles. The first-order valence-electron chi connectivity index (χ1n) is 4.20. The normalized spacial score (nSPS) is 27.1. The molecule has 1 aliphatic rings. The fourth-order valence-electron chi connectivity index (χ4n) is 1.44. The zero-order chi connectivity index (χ0) is 9.42. The second-order valence-electron chi connectivity index (χ2n) is 3.18. The van der Waals surface area contributed by atoms with E-state index in [0.29, 0.717) is 0 Å². The number of amides is 1. The van der Waals surface area contributed by atoms with Gasteiger partial charge in [0.05, 0.1) is 0 Å². The number of hydrogen-bond donors (Lipinski definition) is 1. The van der Waals surface area contributed by atoms with Gasteiger partial charge < -0.3 is 14.5 Å². The molecule has 13 heavy (non-hydrogen) atoms. The molecule has 1 aromatic heterocycles. The summed E-state index contributed by atoms with van der Waals surface area (Å²) in [6.07, 6.45) is -0.551. The minimum atomic E-state index is -0.383. The summed E-state index contributed by atoms with van der Waals surface area (Å²) in [6, 6.07) is 3.57. The van der Waals surface area contributed by atoms with E-state index in [-0.39, 0.29) is 18.2 Å². The highest BCUT2D eigenvalue weighted by molar-refractivity contribution is 5.70. The molecule has 4 heteroatoms. The predicted octanol–water partition coefficient (Wildman–Crippen LogP) is 1.76. The van der Waals surface area contributed by atoms with Gasteiger partial charge in [-0.3, -0.25) is 0 Å².